The maximum absolute atomic E-state index is 12.3. The smallest absolute Gasteiger partial charge is 0.311 e. The van der Waals surface area contributed by atoms with Gasteiger partial charge in [-0.25, -0.2) is 0 Å². The maximum Gasteiger partial charge on any atom is 0.311 e. The molecule has 8 heteroatoms. The van der Waals surface area contributed by atoms with E-state index in [1.807, 2.05) is 42.5 Å². The van der Waals surface area contributed by atoms with E-state index in [2.05, 4.69) is 18.2 Å². The first-order chi connectivity index (χ1) is 19.4. The number of ether oxygens (including phenoxy) is 1. The highest BCUT2D eigenvalue weighted by molar-refractivity contribution is 7.80. The number of benzene rings is 2. The molecule has 3 aromatic rings. The second kappa shape index (κ2) is 15.7. The van der Waals surface area contributed by atoms with Gasteiger partial charge in [0.15, 0.2) is 0 Å². The lowest BCUT2D eigenvalue weighted by Crippen LogP contribution is -2.23. The van der Waals surface area contributed by atoms with Gasteiger partial charge >= 0.3 is 5.97 Å². The van der Waals surface area contributed by atoms with Gasteiger partial charge in [-0.1, -0.05) is 75.4 Å². The summed E-state index contributed by atoms with van der Waals surface area (Å²) in [6.45, 7) is 0. The largest absolute Gasteiger partial charge is 0.427 e. The molecule has 0 aliphatic heterocycles. The number of hydrogen-bond donors (Lipinski definition) is 3. The third-order valence-corrected chi connectivity index (χ3v) is 10.5. The van der Waals surface area contributed by atoms with Crippen LogP contribution in [0.15, 0.2) is 72.8 Å². The summed E-state index contributed by atoms with van der Waals surface area (Å²) in [5.74, 6) is 0.236. The van der Waals surface area contributed by atoms with Crippen molar-refractivity contribution in [1.29, 1.82) is 0 Å². The molecule has 1 aliphatic carbocycles. The van der Waals surface area contributed by atoms with Crippen LogP contribution in [0.1, 0.15) is 56.9 Å². The molecule has 0 saturated heterocycles. The van der Waals surface area contributed by atoms with Gasteiger partial charge in [0.25, 0.3) is 0 Å². The standard InChI is InChI=1S/C32H38O5S3/c33-24(15-12-22-8-4-3-5-9-22)16-19-27-26(28(34)20-29(27)35)10-6-1-2-7-11-31(36)37-25-17-13-23(14-18-25)30-21-32(38)40-39-30/h1,3-6,8-9,13-14,17-18,21,24,26-29,33-35H,2,7,10-12,15-16,19-20H2. The van der Waals surface area contributed by atoms with Gasteiger partial charge in [0.05, 0.1) is 18.3 Å². The fourth-order valence-electron chi connectivity index (χ4n) is 5.39. The Bertz CT molecular complexity index is 1270. The molecule has 1 aliphatic rings. The first-order valence-electron chi connectivity index (χ1n) is 14.0. The van der Waals surface area contributed by atoms with Crippen LogP contribution < -0.4 is 4.74 Å². The van der Waals surface area contributed by atoms with Gasteiger partial charge in [-0.2, -0.15) is 0 Å². The number of hydrogen-bond acceptors (Lipinski definition) is 8. The van der Waals surface area contributed by atoms with Gasteiger partial charge < -0.3 is 20.1 Å². The molecule has 5 nitrogen and oxygen atoms in total. The number of allylic oxidation sites excluding steroid dienone is 2. The molecule has 1 fully saturated rings. The molecule has 5 unspecified atom stereocenters. The van der Waals surface area contributed by atoms with Gasteiger partial charge in [-0.05, 0) is 105 Å². The SMILES string of the molecule is O=C(CCCC=CCC1C(O)CC(O)C1CCC(O)CCc1ccccc1)Oc1ccc(-c2cc(=S)ss2)cc1. The highest BCUT2D eigenvalue weighted by Crippen LogP contribution is 2.38. The number of rotatable bonds is 14. The van der Waals surface area contributed by atoms with Crippen molar-refractivity contribution in [1.82, 2.24) is 0 Å². The lowest BCUT2D eigenvalue weighted by atomic mass is 9.85. The van der Waals surface area contributed by atoms with Crippen molar-refractivity contribution in [2.45, 2.75) is 76.1 Å². The lowest BCUT2D eigenvalue weighted by Gasteiger charge is -2.23. The maximum atomic E-state index is 12.3. The molecular weight excluding hydrogens is 561 g/mol. The van der Waals surface area contributed by atoms with E-state index in [0.29, 0.717) is 50.7 Å². The summed E-state index contributed by atoms with van der Waals surface area (Å²) in [6, 6.07) is 19.6. The predicted octanol–water partition coefficient (Wildman–Crippen LogP) is 7.36. The van der Waals surface area contributed by atoms with Crippen LogP contribution in [0.2, 0.25) is 0 Å². The van der Waals surface area contributed by atoms with E-state index >= 15 is 0 Å². The number of unbranched alkanes of at least 4 members (excludes halogenated alkanes) is 1. The van der Waals surface area contributed by atoms with Crippen LogP contribution in [0, 0.1) is 15.7 Å². The zero-order valence-corrected chi connectivity index (χ0v) is 25.0. The van der Waals surface area contributed by atoms with Gasteiger partial charge in [-0.3, -0.25) is 4.79 Å². The van der Waals surface area contributed by atoms with Crippen LogP contribution in [-0.4, -0.2) is 39.6 Å². The quantitative estimate of drug-likeness (QED) is 0.0449. The van der Waals surface area contributed by atoms with Gasteiger partial charge in [0, 0.05) is 11.3 Å². The van der Waals surface area contributed by atoms with E-state index in [-0.39, 0.29) is 17.8 Å². The Balaban J connectivity index is 1.14. The van der Waals surface area contributed by atoms with Crippen molar-refractivity contribution in [3.05, 3.63) is 82.2 Å². The molecule has 1 aromatic heterocycles. The summed E-state index contributed by atoms with van der Waals surface area (Å²) < 4.78 is 6.33. The first-order valence-corrected chi connectivity index (χ1v) is 16.6. The third-order valence-electron chi connectivity index (χ3n) is 7.62. The van der Waals surface area contributed by atoms with Gasteiger partial charge in [-0.15, -0.1) is 0 Å². The molecule has 40 heavy (non-hydrogen) atoms. The number of carbonyl (C=O) groups is 1. The molecule has 0 spiro atoms. The van der Waals surface area contributed by atoms with E-state index < -0.39 is 18.3 Å². The van der Waals surface area contributed by atoms with E-state index in [0.717, 1.165) is 27.1 Å². The van der Waals surface area contributed by atoms with Crippen molar-refractivity contribution in [3.63, 3.8) is 0 Å². The Morgan fingerprint density at radius 2 is 1.75 bits per heavy atom. The second-order valence-electron chi connectivity index (χ2n) is 10.5. The topological polar surface area (TPSA) is 87.0 Å². The minimum absolute atomic E-state index is 0.0203. The third kappa shape index (κ3) is 9.43. The van der Waals surface area contributed by atoms with Crippen LogP contribution in [0.3, 0.4) is 0 Å². The van der Waals surface area contributed by atoms with Crippen molar-refractivity contribution in [3.8, 4) is 16.2 Å². The number of esters is 1. The summed E-state index contributed by atoms with van der Waals surface area (Å²) in [7, 11) is 3.21. The van der Waals surface area contributed by atoms with Crippen LogP contribution >= 0.6 is 32.9 Å². The van der Waals surface area contributed by atoms with Crippen molar-refractivity contribution >= 4 is 38.9 Å². The van der Waals surface area contributed by atoms with Crippen LogP contribution in [-0.2, 0) is 11.2 Å². The molecular formula is C32H38O5S3. The lowest BCUT2D eigenvalue weighted by molar-refractivity contribution is -0.134. The summed E-state index contributed by atoms with van der Waals surface area (Å²) in [4.78, 5) is 13.4. The number of aliphatic hydroxyl groups is 3. The van der Waals surface area contributed by atoms with E-state index in [1.54, 1.807) is 32.8 Å². The van der Waals surface area contributed by atoms with Crippen molar-refractivity contribution in [2.75, 3.05) is 0 Å². The van der Waals surface area contributed by atoms with Crippen molar-refractivity contribution in [2.24, 2.45) is 11.8 Å². The average molecular weight is 599 g/mol. The van der Waals surface area contributed by atoms with Gasteiger partial charge in [0.2, 0.25) is 0 Å². The van der Waals surface area contributed by atoms with Crippen LogP contribution in [0.4, 0.5) is 0 Å². The average Bonchev–Trinajstić information content (AvgIpc) is 3.50. The fourth-order valence-corrected chi connectivity index (χ4v) is 7.79. The zero-order valence-electron chi connectivity index (χ0n) is 22.6. The molecule has 5 atom stereocenters. The van der Waals surface area contributed by atoms with Crippen molar-refractivity contribution < 1.29 is 24.9 Å². The summed E-state index contributed by atoms with van der Waals surface area (Å²) >= 11 is 5.19. The molecule has 214 valence electrons. The second-order valence-corrected chi connectivity index (χ2v) is 13.5. The molecule has 2 aromatic carbocycles. The molecule has 3 N–H and O–H groups in total. The molecule has 0 bridgehead atoms. The fraction of sp³-hybridized carbons (Fsp3) is 0.438. The van der Waals surface area contributed by atoms with E-state index in [1.165, 1.54) is 5.56 Å². The minimum Gasteiger partial charge on any atom is -0.427 e. The number of carbonyl (C=O) groups excluding carboxylic acids is 1. The highest BCUT2D eigenvalue weighted by Gasteiger charge is 2.40. The minimum atomic E-state index is -0.538. The van der Waals surface area contributed by atoms with Crippen LogP contribution in [0.25, 0.3) is 10.4 Å². The molecule has 1 heterocycles. The Morgan fingerprint density at radius 3 is 2.48 bits per heavy atom. The monoisotopic (exact) mass is 598 g/mol. The summed E-state index contributed by atoms with van der Waals surface area (Å²) in [5, 5.41) is 31.5. The predicted molar refractivity (Wildman–Crippen MR) is 165 cm³/mol. The normalized spacial score (nSPS) is 21.6. The molecule has 0 radical (unpaired) electrons. The first kappa shape index (κ1) is 30.8. The summed E-state index contributed by atoms with van der Waals surface area (Å²) in [5.41, 5.74) is 2.27. The van der Waals surface area contributed by atoms with Crippen LogP contribution in [0.5, 0.6) is 5.75 Å². The Kier molecular flexibility index (Phi) is 12.1. The number of aryl methyl sites for hydroxylation is 1. The molecule has 4 rings (SSSR count). The Labute approximate surface area is 249 Å². The Hall–Kier alpha value is -2.20. The molecule has 1 saturated carbocycles. The van der Waals surface area contributed by atoms with E-state index in [9.17, 15) is 20.1 Å². The highest BCUT2D eigenvalue weighted by atomic mass is 32.9. The molecule has 0 amide bonds. The zero-order chi connectivity index (χ0) is 28.3. The number of aliphatic hydroxyl groups excluding tert-OH is 3. The summed E-state index contributed by atoms with van der Waals surface area (Å²) in [6.07, 6.45) is 8.26. The Morgan fingerprint density at radius 1 is 1.00 bits per heavy atom. The van der Waals surface area contributed by atoms with E-state index in [4.69, 9.17) is 17.0 Å². The van der Waals surface area contributed by atoms with Gasteiger partial charge in [0.1, 0.15) is 9.57 Å².